The van der Waals surface area contributed by atoms with Gasteiger partial charge >= 0.3 is 6.08 Å². The Morgan fingerprint density at radius 3 is 2.15 bits per heavy atom. The van der Waals surface area contributed by atoms with Crippen LogP contribution < -0.4 is 4.57 Å². The molecule has 70 valence electrons. The molecule has 0 unspecified atom stereocenters. The van der Waals surface area contributed by atoms with Crippen LogP contribution in [0.4, 0.5) is 13.2 Å². The zero-order valence-electron chi connectivity index (χ0n) is 6.88. The topological polar surface area (TPSA) is 3.88 Å². The van der Waals surface area contributed by atoms with Crippen LogP contribution in [0.25, 0.3) is 0 Å². The second-order valence-electron chi connectivity index (χ2n) is 2.53. The number of hydrogen-bond acceptors (Lipinski definition) is 0. The number of aryl methyl sites for hydroxylation is 1. The van der Waals surface area contributed by atoms with Crippen LogP contribution in [0.15, 0.2) is 42.5 Å². The number of rotatable bonds is 3. The van der Waals surface area contributed by atoms with Crippen molar-refractivity contribution in [1.82, 2.24) is 0 Å². The van der Waals surface area contributed by atoms with Gasteiger partial charge in [0.2, 0.25) is 0 Å². The molecule has 0 radical (unpaired) electrons. The Morgan fingerprint density at radius 1 is 1.00 bits per heavy atom. The Morgan fingerprint density at radius 2 is 1.62 bits per heavy atom. The van der Waals surface area contributed by atoms with E-state index in [1.165, 1.54) is 0 Å². The summed E-state index contributed by atoms with van der Waals surface area (Å²) in [7, 11) is 0. The Kier molecular flexibility index (Phi) is 3.49. The molecule has 0 aliphatic rings. The van der Waals surface area contributed by atoms with E-state index in [2.05, 4.69) is 0 Å². The van der Waals surface area contributed by atoms with E-state index in [1.807, 2.05) is 0 Å². The summed E-state index contributed by atoms with van der Waals surface area (Å²) in [6, 6.07) is 5.32. The fourth-order valence-electron chi connectivity index (χ4n) is 0.905. The van der Waals surface area contributed by atoms with E-state index in [9.17, 15) is 13.2 Å². The fourth-order valence-corrected chi connectivity index (χ4v) is 0.905. The zero-order valence-corrected chi connectivity index (χ0v) is 6.88. The van der Waals surface area contributed by atoms with Crippen LogP contribution >= 0.6 is 0 Å². The van der Waals surface area contributed by atoms with Crippen LogP contribution in [0.5, 0.6) is 0 Å². The predicted octanol–water partition coefficient (Wildman–Crippen LogP) is 2.44. The van der Waals surface area contributed by atoms with Crippen LogP contribution in [-0.4, -0.2) is 0 Å². The van der Waals surface area contributed by atoms with Crippen LogP contribution in [0, 0.1) is 0 Å². The molecule has 0 aliphatic carbocycles. The second kappa shape index (κ2) is 4.64. The van der Waals surface area contributed by atoms with Crippen LogP contribution in [-0.2, 0) is 6.54 Å². The number of aromatic nitrogens is 1. The highest BCUT2D eigenvalue weighted by atomic mass is 19.3. The largest absolute Gasteiger partial charge is 0.301 e. The van der Waals surface area contributed by atoms with Gasteiger partial charge in [0, 0.05) is 12.1 Å². The van der Waals surface area contributed by atoms with Crippen molar-refractivity contribution >= 4 is 0 Å². The third kappa shape index (κ3) is 3.27. The molecule has 13 heavy (non-hydrogen) atoms. The molecule has 1 aromatic rings. The quantitative estimate of drug-likeness (QED) is 0.641. The summed E-state index contributed by atoms with van der Waals surface area (Å²) >= 11 is 0. The summed E-state index contributed by atoms with van der Waals surface area (Å²) in [5.74, 6) is -1.34. The van der Waals surface area contributed by atoms with Crippen LogP contribution in [0.3, 0.4) is 0 Å². The van der Waals surface area contributed by atoms with Crippen molar-refractivity contribution in [2.24, 2.45) is 0 Å². The highest BCUT2D eigenvalue weighted by Crippen LogP contribution is 2.12. The van der Waals surface area contributed by atoms with Crippen molar-refractivity contribution < 1.29 is 17.7 Å². The molecule has 0 atom stereocenters. The molecule has 1 nitrogen and oxygen atoms in total. The molecule has 4 heteroatoms. The monoisotopic (exact) mass is 188 g/mol. The maximum absolute atomic E-state index is 12.3. The second-order valence-corrected chi connectivity index (χ2v) is 2.53. The van der Waals surface area contributed by atoms with Gasteiger partial charge in [-0.05, 0) is 0 Å². The lowest BCUT2D eigenvalue weighted by molar-refractivity contribution is -0.696. The molecule has 1 aromatic heterocycles. The van der Waals surface area contributed by atoms with Gasteiger partial charge in [-0.25, -0.2) is 8.96 Å². The lowest BCUT2D eigenvalue weighted by Gasteiger charge is -1.93. The summed E-state index contributed by atoms with van der Waals surface area (Å²) in [5, 5.41) is 0. The van der Waals surface area contributed by atoms with Crippen LogP contribution in [0.2, 0.25) is 0 Å². The van der Waals surface area contributed by atoms with Crippen molar-refractivity contribution in [3.63, 3.8) is 0 Å². The molecule has 0 bridgehead atoms. The summed E-state index contributed by atoms with van der Waals surface area (Å²) in [6.07, 6.45) is 0.903. The van der Waals surface area contributed by atoms with E-state index in [0.717, 1.165) is 0 Å². The maximum atomic E-state index is 12.3. The minimum Gasteiger partial charge on any atom is -0.206 e. The Bertz CT molecular complexity index is 291. The van der Waals surface area contributed by atoms with Gasteiger partial charge in [0.15, 0.2) is 24.8 Å². The van der Waals surface area contributed by atoms with Crippen molar-refractivity contribution in [3.8, 4) is 0 Å². The van der Waals surface area contributed by atoms with E-state index in [-0.39, 0.29) is 13.0 Å². The Hall–Kier alpha value is -1.32. The van der Waals surface area contributed by atoms with Crippen molar-refractivity contribution in [2.75, 3.05) is 0 Å². The summed E-state index contributed by atoms with van der Waals surface area (Å²) < 4.78 is 37.2. The summed E-state index contributed by atoms with van der Waals surface area (Å²) in [5.41, 5.74) is 0. The van der Waals surface area contributed by atoms with E-state index in [1.54, 1.807) is 35.2 Å². The van der Waals surface area contributed by atoms with Gasteiger partial charge in [0.1, 0.15) is 0 Å². The van der Waals surface area contributed by atoms with Gasteiger partial charge in [-0.3, -0.25) is 0 Å². The molecule has 0 aliphatic heterocycles. The maximum Gasteiger partial charge on any atom is 0.301 e. The van der Waals surface area contributed by atoms with E-state index in [4.69, 9.17) is 0 Å². The minimum absolute atomic E-state index is 0.226. The minimum atomic E-state index is -2.23. The van der Waals surface area contributed by atoms with E-state index >= 15 is 0 Å². The molecule has 0 aromatic carbocycles. The number of pyridine rings is 1. The molecule has 0 saturated heterocycles. The highest BCUT2D eigenvalue weighted by molar-refractivity contribution is 4.90. The molecule has 0 N–H and O–H groups in total. The molecule has 0 spiro atoms. The normalized spacial score (nSPS) is 9.77. The van der Waals surface area contributed by atoms with E-state index in [0.29, 0.717) is 0 Å². The van der Waals surface area contributed by atoms with Crippen molar-refractivity contribution in [2.45, 2.75) is 13.0 Å². The average molecular weight is 188 g/mol. The predicted molar refractivity (Wildman–Crippen MR) is 41.6 cm³/mol. The standard InChI is InChI=1S/C9H9F3N/c10-8(9(11)12)4-7-13-5-2-1-3-6-13/h1-3,5-6H,4,7H2/q+1. The molecular weight excluding hydrogens is 179 g/mol. The van der Waals surface area contributed by atoms with Gasteiger partial charge in [-0.1, -0.05) is 6.07 Å². The highest BCUT2D eigenvalue weighted by Gasteiger charge is 2.07. The van der Waals surface area contributed by atoms with Gasteiger partial charge < -0.3 is 0 Å². The molecule has 0 amide bonds. The number of hydrogen-bond donors (Lipinski definition) is 0. The van der Waals surface area contributed by atoms with Gasteiger partial charge in [-0.2, -0.15) is 8.78 Å². The molecule has 0 fully saturated rings. The molecule has 0 saturated carbocycles. The van der Waals surface area contributed by atoms with E-state index < -0.39 is 11.9 Å². The van der Waals surface area contributed by atoms with Crippen molar-refractivity contribution in [1.29, 1.82) is 0 Å². The third-order valence-corrected chi connectivity index (χ3v) is 1.57. The van der Waals surface area contributed by atoms with Gasteiger partial charge in [-0.15, -0.1) is 0 Å². The first-order valence-electron chi connectivity index (χ1n) is 3.84. The lowest BCUT2D eigenvalue weighted by Crippen LogP contribution is -2.32. The number of halogens is 3. The third-order valence-electron chi connectivity index (χ3n) is 1.57. The van der Waals surface area contributed by atoms with Crippen LogP contribution in [0.1, 0.15) is 6.42 Å². The Labute approximate surface area is 74.1 Å². The van der Waals surface area contributed by atoms with Crippen molar-refractivity contribution in [3.05, 3.63) is 42.5 Å². The molecule has 1 rings (SSSR count). The first kappa shape index (κ1) is 9.77. The zero-order chi connectivity index (χ0) is 9.68. The smallest absolute Gasteiger partial charge is 0.206 e. The average Bonchev–Trinajstić information content (AvgIpc) is 2.15. The lowest BCUT2D eigenvalue weighted by atomic mass is 10.3. The molecule has 1 heterocycles. The summed E-state index contributed by atoms with van der Waals surface area (Å²) in [4.78, 5) is 0. The Balaban J connectivity index is 2.49. The SMILES string of the molecule is FC(F)=C(F)CC[n+]1ccccc1. The molecular formula is C9H9F3N+. The fraction of sp³-hybridized carbons (Fsp3) is 0.222. The number of allylic oxidation sites excluding steroid dienone is 1. The number of nitrogens with zero attached hydrogens (tertiary/aromatic N) is 1. The first-order valence-corrected chi connectivity index (χ1v) is 3.84. The first-order chi connectivity index (χ1) is 6.20. The van der Waals surface area contributed by atoms with Gasteiger partial charge in [0.25, 0.3) is 0 Å². The van der Waals surface area contributed by atoms with Gasteiger partial charge in [0.05, 0.1) is 6.42 Å². The summed E-state index contributed by atoms with van der Waals surface area (Å²) in [6.45, 7) is 0.226.